The van der Waals surface area contributed by atoms with Crippen LogP contribution in [0.25, 0.3) is 10.2 Å². The van der Waals surface area contributed by atoms with E-state index in [1.165, 1.54) is 10.3 Å². The van der Waals surface area contributed by atoms with Gasteiger partial charge in [-0.15, -0.1) is 23.1 Å². The Morgan fingerprint density at radius 1 is 1.09 bits per heavy atom. The Morgan fingerprint density at radius 3 is 2.70 bits per heavy atom. The molecule has 3 heterocycles. The van der Waals surface area contributed by atoms with Crippen LogP contribution in [0.3, 0.4) is 0 Å². The van der Waals surface area contributed by atoms with E-state index >= 15 is 0 Å². The van der Waals surface area contributed by atoms with Crippen LogP contribution in [0, 0.1) is 13.8 Å². The number of carbonyl (C=O) groups excluding carboxylic acids is 1. The Labute approximate surface area is 201 Å². The van der Waals surface area contributed by atoms with Crippen LogP contribution in [0.2, 0.25) is 0 Å². The number of fused-ring (bicyclic) bond motifs is 1. The number of nitrogens with zero attached hydrogens (tertiary/aromatic N) is 4. The van der Waals surface area contributed by atoms with Crippen LogP contribution >= 0.6 is 23.1 Å². The summed E-state index contributed by atoms with van der Waals surface area (Å²) in [6.45, 7) is 7.98. The third kappa shape index (κ3) is 5.13. The lowest BCUT2D eigenvalue weighted by molar-refractivity contribution is 0.0625. The highest BCUT2D eigenvalue weighted by Gasteiger charge is 2.24. The van der Waals surface area contributed by atoms with Crippen molar-refractivity contribution in [1.29, 1.82) is 0 Å². The Hall–Kier alpha value is -2.68. The fraction of sp³-hybridized carbons (Fsp3) is 0.320. The zero-order chi connectivity index (χ0) is 22.8. The molecule has 2 aromatic carbocycles. The molecule has 5 rings (SSSR count). The van der Waals surface area contributed by atoms with Crippen LogP contribution in [-0.4, -0.2) is 52.0 Å². The number of aryl methyl sites for hydroxylation is 2. The summed E-state index contributed by atoms with van der Waals surface area (Å²) in [6.07, 6.45) is 0. The summed E-state index contributed by atoms with van der Waals surface area (Å²) >= 11 is 3.39. The second kappa shape index (κ2) is 9.67. The van der Waals surface area contributed by atoms with Crippen molar-refractivity contribution in [2.75, 3.05) is 26.2 Å². The predicted molar refractivity (Wildman–Crippen MR) is 133 cm³/mol. The fourth-order valence-electron chi connectivity index (χ4n) is 4.03. The molecule has 8 heteroatoms. The Balaban J connectivity index is 1.19. The van der Waals surface area contributed by atoms with Crippen LogP contribution in [0.1, 0.15) is 32.4 Å². The summed E-state index contributed by atoms with van der Waals surface area (Å²) < 4.78 is 6.39. The molecule has 0 radical (unpaired) electrons. The van der Waals surface area contributed by atoms with Gasteiger partial charge in [-0.05, 0) is 43.7 Å². The monoisotopic (exact) mass is 478 g/mol. The second-order valence-electron chi connectivity index (χ2n) is 8.36. The van der Waals surface area contributed by atoms with Gasteiger partial charge < -0.3 is 9.42 Å². The highest BCUT2D eigenvalue weighted by molar-refractivity contribution is 7.98. The van der Waals surface area contributed by atoms with E-state index in [4.69, 9.17) is 9.51 Å². The lowest BCUT2D eigenvalue weighted by Gasteiger charge is -2.34. The molecular formula is C25H26N4O2S2. The molecule has 1 saturated heterocycles. The molecule has 1 aliphatic heterocycles. The van der Waals surface area contributed by atoms with Crippen molar-refractivity contribution in [3.05, 3.63) is 76.1 Å². The lowest BCUT2D eigenvalue weighted by atomic mass is 10.2. The van der Waals surface area contributed by atoms with Crippen LogP contribution < -0.4 is 0 Å². The Bertz CT molecular complexity index is 1270. The van der Waals surface area contributed by atoms with Gasteiger partial charge in [0, 0.05) is 42.9 Å². The van der Waals surface area contributed by atoms with E-state index in [1.807, 2.05) is 42.2 Å². The molecule has 1 fully saturated rings. The van der Waals surface area contributed by atoms with E-state index in [-0.39, 0.29) is 5.91 Å². The van der Waals surface area contributed by atoms with E-state index in [0.29, 0.717) is 5.75 Å². The van der Waals surface area contributed by atoms with Crippen molar-refractivity contribution < 1.29 is 9.32 Å². The first kappa shape index (κ1) is 22.1. The van der Waals surface area contributed by atoms with Gasteiger partial charge in [-0.3, -0.25) is 9.69 Å². The van der Waals surface area contributed by atoms with E-state index < -0.39 is 0 Å². The Morgan fingerprint density at radius 2 is 1.91 bits per heavy atom. The number of benzene rings is 2. The maximum absolute atomic E-state index is 13.3. The summed E-state index contributed by atoms with van der Waals surface area (Å²) in [4.78, 5) is 23.5. The molecule has 2 aromatic heterocycles. The van der Waals surface area contributed by atoms with Gasteiger partial charge >= 0.3 is 0 Å². The number of amides is 1. The molecule has 170 valence electrons. The molecule has 4 aromatic rings. The molecule has 0 spiro atoms. The van der Waals surface area contributed by atoms with Gasteiger partial charge in [-0.1, -0.05) is 23.4 Å². The molecule has 0 bridgehead atoms. The summed E-state index contributed by atoms with van der Waals surface area (Å²) in [7, 11) is 0. The second-order valence-corrected chi connectivity index (χ2v) is 10.5. The van der Waals surface area contributed by atoms with Gasteiger partial charge in [-0.25, -0.2) is 4.98 Å². The van der Waals surface area contributed by atoms with Crippen molar-refractivity contribution in [2.45, 2.75) is 31.0 Å². The number of aromatic nitrogens is 2. The van der Waals surface area contributed by atoms with Crippen LogP contribution in [0.4, 0.5) is 0 Å². The van der Waals surface area contributed by atoms with E-state index in [2.05, 4.69) is 35.2 Å². The molecule has 1 amide bonds. The van der Waals surface area contributed by atoms with Crippen LogP contribution in [0.5, 0.6) is 0 Å². The third-order valence-corrected chi connectivity index (χ3v) is 7.90. The molecule has 0 atom stereocenters. The summed E-state index contributed by atoms with van der Waals surface area (Å²) in [5.74, 6) is 1.58. The minimum Gasteiger partial charge on any atom is -0.361 e. The molecular weight excluding hydrogens is 452 g/mol. The number of thiazole rings is 1. The van der Waals surface area contributed by atoms with Gasteiger partial charge in [-0.2, -0.15) is 0 Å². The highest BCUT2D eigenvalue weighted by Crippen LogP contribution is 2.28. The Kier molecular flexibility index (Phi) is 6.48. The minimum absolute atomic E-state index is 0.101. The first-order chi connectivity index (χ1) is 16.0. The van der Waals surface area contributed by atoms with Crippen molar-refractivity contribution in [1.82, 2.24) is 19.9 Å². The molecule has 0 aliphatic carbocycles. The zero-order valence-corrected chi connectivity index (χ0v) is 20.4. The van der Waals surface area contributed by atoms with E-state index in [9.17, 15) is 4.79 Å². The molecule has 33 heavy (non-hydrogen) atoms. The van der Waals surface area contributed by atoms with Crippen molar-refractivity contribution >= 4 is 39.2 Å². The first-order valence-corrected chi connectivity index (χ1v) is 12.9. The average molecular weight is 479 g/mol. The normalized spacial score (nSPS) is 14.8. The maximum atomic E-state index is 13.3. The average Bonchev–Trinajstić information content (AvgIpc) is 3.42. The largest absolute Gasteiger partial charge is 0.361 e. The fourth-order valence-corrected chi connectivity index (χ4v) is 5.95. The number of thioether (sulfide) groups is 1. The lowest BCUT2D eigenvalue weighted by Crippen LogP contribution is -2.48. The zero-order valence-electron chi connectivity index (χ0n) is 18.8. The summed E-state index contributed by atoms with van der Waals surface area (Å²) in [6, 6.07) is 16.2. The predicted octanol–water partition coefficient (Wildman–Crippen LogP) is 5.15. The molecule has 6 nitrogen and oxygen atoms in total. The van der Waals surface area contributed by atoms with Gasteiger partial charge in [0.05, 0.1) is 28.0 Å². The number of carbonyl (C=O) groups is 1. The number of piperazine rings is 1. The van der Waals surface area contributed by atoms with E-state index in [1.54, 1.807) is 23.1 Å². The smallest absolute Gasteiger partial charge is 0.255 e. The van der Waals surface area contributed by atoms with Gasteiger partial charge in [0.1, 0.15) is 10.8 Å². The summed E-state index contributed by atoms with van der Waals surface area (Å²) in [5, 5.41) is 5.19. The third-order valence-electron chi connectivity index (χ3n) is 5.78. The van der Waals surface area contributed by atoms with Crippen molar-refractivity contribution in [3.63, 3.8) is 0 Å². The van der Waals surface area contributed by atoms with Crippen LogP contribution in [0.15, 0.2) is 57.9 Å². The topological polar surface area (TPSA) is 62.5 Å². The molecule has 1 aliphatic rings. The quantitative estimate of drug-likeness (QED) is 0.357. The van der Waals surface area contributed by atoms with Crippen molar-refractivity contribution in [2.24, 2.45) is 0 Å². The first-order valence-electron chi connectivity index (χ1n) is 11.1. The van der Waals surface area contributed by atoms with Gasteiger partial charge in [0.25, 0.3) is 5.91 Å². The van der Waals surface area contributed by atoms with Crippen LogP contribution in [-0.2, 0) is 12.3 Å². The number of hydrogen-bond donors (Lipinski definition) is 0. The summed E-state index contributed by atoms with van der Waals surface area (Å²) in [5.41, 5.74) is 3.97. The highest BCUT2D eigenvalue weighted by atomic mass is 32.2. The minimum atomic E-state index is 0.101. The maximum Gasteiger partial charge on any atom is 0.255 e. The standard InChI is InChI=1S/C25H26N4O2S2/c1-17-7-8-23-21(13-17)26-24(33-23)15-28-9-11-29(12-10-28)25(30)20-5-3-4-6-22(20)32-16-19-14-18(2)31-27-19/h3-8,13-14H,9-12,15-16H2,1-2H3. The number of rotatable bonds is 6. The molecule has 0 unspecified atom stereocenters. The SMILES string of the molecule is Cc1ccc2sc(CN3CCN(C(=O)c4ccccc4SCc4cc(C)on4)CC3)nc2c1. The number of hydrogen-bond acceptors (Lipinski definition) is 7. The molecule has 0 N–H and O–H groups in total. The van der Waals surface area contributed by atoms with E-state index in [0.717, 1.165) is 65.2 Å². The molecule has 0 saturated carbocycles. The van der Waals surface area contributed by atoms with Crippen molar-refractivity contribution in [3.8, 4) is 0 Å². The van der Waals surface area contributed by atoms with Gasteiger partial charge in [0.15, 0.2) is 0 Å². The van der Waals surface area contributed by atoms with Gasteiger partial charge in [0.2, 0.25) is 0 Å².